The summed E-state index contributed by atoms with van der Waals surface area (Å²) in [6, 6.07) is 9.59. The quantitative estimate of drug-likeness (QED) is 0.716. The summed E-state index contributed by atoms with van der Waals surface area (Å²) >= 11 is 0. The third-order valence-electron chi connectivity index (χ3n) is 3.37. The van der Waals surface area contributed by atoms with Gasteiger partial charge in [-0.25, -0.2) is 17.8 Å². The molecule has 0 spiro atoms. The molecule has 0 saturated heterocycles. The largest absolute Gasteiger partial charge is 0.251 e. The Kier molecular flexibility index (Phi) is 4.22. The molecule has 0 aliphatic rings. The molecular weight excluding hydrogens is 316 g/mol. The van der Waals surface area contributed by atoms with E-state index in [4.69, 9.17) is 0 Å². The van der Waals surface area contributed by atoms with E-state index in [9.17, 15) is 8.42 Å². The number of aryl methyl sites for hydroxylation is 1. The summed E-state index contributed by atoms with van der Waals surface area (Å²) in [5.74, 6) is -0.0372. The van der Waals surface area contributed by atoms with E-state index in [1.165, 1.54) is 11.7 Å². The van der Waals surface area contributed by atoms with E-state index in [-0.39, 0.29) is 12.3 Å². The predicted octanol–water partition coefficient (Wildman–Crippen LogP) is 0.680. The van der Waals surface area contributed by atoms with Gasteiger partial charge in [-0.2, -0.15) is 5.10 Å². The number of aromatic nitrogens is 5. The summed E-state index contributed by atoms with van der Waals surface area (Å²) < 4.78 is 28.4. The van der Waals surface area contributed by atoms with Crippen molar-refractivity contribution in [3.05, 3.63) is 48.9 Å². The van der Waals surface area contributed by atoms with Gasteiger partial charge in [-0.1, -0.05) is 17.3 Å². The lowest BCUT2D eigenvalue weighted by molar-refractivity contribution is 0.568. The monoisotopic (exact) mass is 332 g/mol. The summed E-state index contributed by atoms with van der Waals surface area (Å²) in [6.07, 6.45) is 5.32. The Morgan fingerprint density at radius 1 is 1.22 bits per heavy atom. The summed E-state index contributed by atoms with van der Waals surface area (Å²) in [5.41, 5.74) is 2.55. The van der Waals surface area contributed by atoms with Crippen molar-refractivity contribution < 1.29 is 8.42 Å². The van der Waals surface area contributed by atoms with Gasteiger partial charge < -0.3 is 0 Å². The minimum atomic E-state index is -3.25. The molecule has 0 fully saturated rings. The van der Waals surface area contributed by atoms with Gasteiger partial charge in [-0.3, -0.25) is 4.68 Å². The van der Waals surface area contributed by atoms with Crippen LogP contribution < -0.4 is 4.72 Å². The van der Waals surface area contributed by atoms with E-state index >= 15 is 0 Å². The van der Waals surface area contributed by atoms with Crippen LogP contribution in [0, 0.1) is 0 Å². The molecule has 0 aliphatic carbocycles. The zero-order valence-electron chi connectivity index (χ0n) is 12.5. The van der Waals surface area contributed by atoms with Crippen LogP contribution >= 0.6 is 0 Å². The first-order valence-electron chi connectivity index (χ1n) is 6.99. The zero-order chi connectivity index (χ0) is 16.3. The average Bonchev–Trinajstić information content (AvgIpc) is 3.25. The highest BCUT2D eigenvalue weighted by molar-refractivity contribution is 7.89. The lowest BCUT2D eigenvalue weighted by Gasteiger charge is -2.02. The molecular formula is C14H16N6O2S. The summed E-state index contributed by atoms with van der Waals surface area (Å²) in [5, 5.41) is 12.2. The number of benzene rings is 1. The van der Waals surface area contributed by atoms with Gasteiger partial charge in [0.1, 0.15) is 5.69 Å². The maximum atomic E-state index is 11.4. The van der Waals surface area contributed by atoms with Crippen LogP contribution in [0.4, 0.5) is 0 Å². The Balaban J connectivity index is 1.73. The van der Waals surface area contributed by atoms with Crippen molar-refractivity contribution in [2.24, 2.45) is 0 Å². The summed E-state index contributed by atoms with van der Waals surface area (Å²) in [7, 11) is -1.86. The Labute approximate surface area is 133 Å². The number of hydrogen-bond acceptors (Lipinski definition) is 5. The fraction of sp³-hybridized carbons (Fsp3) is 0.214. The molecule has 0 radical (unpaired) electrons. The zero-order valence-corrected chi connectivity index (χ0v) is 13.3. The van der Waals surface area contributed by atoms with Crippen LogP contribution in [-0.2, 0) is 16.6 Å². The van der Waals surface area contributed by atoms with E-state index in [1.54, 1.807) is 17.1 Å². The van der Waals surface area contributed by atoms with Gasteiger partial charge >= 0.3 is 0 Å². The van der Waals surface area contributed by atoms with E-state index in [0.29, 0.717) is 5.69 Å². The van der Waals surface area contributed by atoms with Crippen LogP contribution in [0.5, 0.6) is 0 Å². The van der Waals surface area contributed by atoms with E-state index in [1.807, 2.05) is 36.5 Å². The molecule has 0 aliphatic heterocycles. The second-order valence-corrected chi connectivity index (χ2v) is 6.93. The summed E-state index contributed by atoms with van der Waals surface area (Å²) in [6.45, 7) is 0.252. The second-order valence-electron chi connectivity index (χ2n) is 4.89. The Morgan fingerprint density at radius 2 is 2.00 bits per heavy atom. The third-order valence-corrected chi connectivity index (χ3v) is 4.71. The molecule has 23 heavy (non-hydrogen) atoms. The number of rotatable bonds is 6. The standard InChI is InChI=1S/C14H16N6O2S/c1-15-23(21,22)10-9-19-11-14(17-18-19)12-3-5-13(6-4-12)20-8-2-7-16-20/h2-8,11,15H,9-10H2,1H3. The van der Waals surface area contributed by atoms with Gasteiger partial charge in [0, 0.05) is 18.0 Å². The lowest BCUT2D eigenvalue weighted by atomic mass is 10.1. The molecule has 0 amide bonds. The fourth-order valence-corrected chi connectivity index (χ4v) is 2.69. The summed E-state index contributed by atoms with van der Waals surface area (Å²) in [4.78, 5) is 0. The normalized spacial score (nSPS) is 11.7. The van der Waals surface area contributed by atoms with Gasteiger partial charge in [0.25, 0.3) is 0 Å². The van der Waals surface area contributed by atoms with Crippen molar-refractivity contribution in [1.29, 1.82) is 0 Å². The first-order valence-corrected chi connectivity index (χ1v) is 8.64. The highest BCUT2D eigenvalue weighted by Crippen LogP contribution is 2.18. The van der Waals surface area contributed by atoms with Gasteiger partial charge in [-0.05, 0) is 25.2 Å². The van der Waals surface area contributed by atoms with Crippen LogP contribution in [-0.4, -0.2) is 46.0 Å². The minimum absolute atomic E-state index is 0.0372. The molecule has 2 aromatic heterocycles. The Bertz CT molecular complexity index is 868. The topological polar surface area (TPSA) is 94.7 Å². The smallest absolute Gasteiger partial charge is 0.213 e. The molecule has 3 aromatic rings. The van der Waals surface area contributed by atoms with Crippen molar-refractivity contribution in [2.45, 2.75) is 6.54 Å². The number of nitrogens with one attached hydrogen (secondary N) is 1. The number of hydrogen-bond donors (Lipinski definition) is 1. The molecule has 8 nitrogen and oxygen atoms in total. The lowest BCUT2D eigenvalue weighted by Crippen LogP contribution is -2.24. The second kappa shape index (κ2) is 6.31. The maximum absolute atomic E-state index is 11.4. The molecule has 2 heterocycles. The molecule has 120 valence electrons. The van der Waals surface area contributed by atoms with Gasteiger partial charge in [0.05, 0.1) is 24.2 Å². The van der Waals surface area contributed by atoms with Crippen molar-refractivity contribution in [2.75, 3.05) is 12.8 Å². The molecule has 0 saturated carbocycles. The first-order chi connectivity index (χ1) is 11.1. The predicted molar refractivity (Wildman–Crippen MR) is 85.4 cm³/mol. The van der Waals surface area contributed by atoms with Crippen LogP contribution in [0.15, 0.2) is 48.9 Å². The van der Waals surface area contributed by atoms with Crippen LogP contribution in [0.3, 0.4) is 0 Å². The van der Waals surface area contributed by atoms with Crippen LogP contribution in [0.1, 0.15) is 0 Å². The first kappa shape index (κ1) is 15.4. The number of nitrogens with zero attached hydrogens (tertiary/aromatic N) is 5. The van der Waals surface area contributed by atoms with Crippen molar-refractivity contribution in [3.63, 3.8) is 0 Å². The SMILES string of the molecule is CNS(=O)(=O)CCn1cc(-c2ccc(-n3cccn3)cc2)nn1. The van der Waals surface area contributed by atoms with E-state index < -0.39 is 10.0 Å². The van der Waals surface area contributed by atoms with Gasteiger partial charge in [-0.15, -0.1) is 5.10 Å². The maximum Gasteiger partial charge on any atom is 0.213 e. The van der Waals surface area contributed by atoms with Crippen LogP contribution in [0.25, 0.3) is 16.9 Å². The fourth-order valence-electron chi connectivity index (χ4n) is 2.06. The van der Waals surface area contributed by atoms with Crippen molar-refractivity contribution in [1.82, 2.24) is 29.5 Å². The van der Waals surface area contributed by atoms with E-state index in [0.717, 1.165) is 11.3 Å². The van der Waals surface area contributed by atoms with Crippen molar-refractivity contribution in [3.8, 4) is 16.9 Å². The van der Waals surface area contributed by atoms with Gasteiger partial charge in [0.2, 0.25) is 10.0 Å². The minimum Gasteiger partial charge on any atom is -0.251 e. The highest BCUT2D eigenvalue weighted by atomic mass is 32.2. The van der Waals surface area contributed by atoms with Crippen LogP contribution in [0.2, 0.25) is 0 Å². The third kappa shape index (κ3) is 3.63. The molecule has 0 atom stereocenters. The molecule has 0 bridgehead atoms. The molecule has 0 unspecified atom stereocenters. The van der Waals surface area contributed by atoms with Crippen molar-refractivity contribution >= 4 is 10.0 Å². The van der Waals surface area contributed by atoms with E-state index in [2.05, 4.69) is 20.1 Å². The Morgan fingerprint density at radius 3 is 2.65 bits per heavy atom. The molecule has 1 aromatic carbocycles. The molecule has 1 N–H and O–H groups in total. The molecule has 3 rings (SSSR count). The Hall–Kier alpha value is -2.52. The average molecular weight is 332 g/mol. The highest BCUT2D eigenvalue weighted by Gasteiger charge is 2.09. The van der Waals surface area contributed by atoms with Gasteiger partial charge in [0.15, 0.2) is 0 Å². The number of sulfonamides is 1. The molecule has 9 heteroatoms.